The average Bonchev–Trinajstić information content (AvgIpc) is 3.10. The average molecular weight is 274 g/mol. The molecule has 8 heteroatoms. The number of carbonyl (C=O) groups is 1. The first-order valence-corrected chi connectivity index (χ1v) is 6.38. The fourth-order valence-corrected chi connectivity index (χ4v) is 2.26. The van der Waals surface area contributed by atoms with Crippen molar-refractivity contribution in [1.29, 1.82) is 0 Å². The molecule has 19 heavy (non-hydrogen) atoms. The zero-order valence-electron chi connectivity index (χ0n) is 9.99. The first-order valence-electron chi connectivity index (χ1n) is 5.50. The van der Waals surface area contributed by atoms with E-state index in [2.05, 4.69) is 25.7 Å². The van der Waals surface area contributed by atoms with Crippen molar-refractivity contribution in [1.82, 2.24) is 25.0 Å². The Kier molecular flexibility index (Phi) is 2.84. The molecule has 2 N–H and O–H groups in total. The Balaban J connectivity index is 1.93. The molecule has 0 aliphatic carbocycles. The lowest BCUT2D eigenvalue weighted by Crippen LogP contribution is -2.12. The summed E-state index contributed by atoms with van der Waals surface area (Å²) in [6, 6.07) is 3.61. The van der Waals surface area contributed by atoms with E-state index in [4.69, 9.17) is 0 Å². The Morgan fingerprint density at radius 1 is 1.42 bits per heavy atom. The van der Waals surface area contributed by atoms with Crippen molar-refractivity contribution in [2.75, 3.05) is 5.32 Å². The first-order chi connectivity index (χ1) is 9.25. The highest BCUT2D eigenvalue weighted by atomic mass is 32.1. The molecule has 3 rings (SSSR count). The molecule has 0 aliphatic heterocycles. The zero-order valence-corrected chi connectivity index (χ0v) is 10.8. The number of carbonyl (C=O) groups excluding carboxylic acids is 1. The number of aromatic nitrogens is 5. The highest BCUT2D eigenvalue weighted by Crippen LogP contribution is 2.22. The first kappa shape index (κ1) is 11.6. The minimum Gasteiger partial charge on any atom is -0.317 e. The molecule has 0 saturated heterocycles. The molecule has 0 spiro atoms. The van der Waals surface area contributed by atoms with Gasteiger partial charge in [-0.05, 0) is 18.4 Å². The topological polar surface area (TPSA) is 88.5 Å². The molecule has 0 saturated carbocycles. The predicted molar refractivity (Wildman–Crippen MR) is 70.5 cm³/mol. The highest BCUT2D eigenvalue weighted by Gasteiger charge is 2.16. The third kappa shape index (κ3) is 2.13. The molecule has 3 heterocycles. The van der Waals surface area contributed by atoms with E-state index in [1.54, 1.807) is 10.6 Å². The largest absolute Gasteiger partial charge is 0.317 e. The minimum absolute atomic E-state index is 0.158. The van der Waals surface area contributed by atoms with Crippen molar-refractivity contribution in [3.63, 3.8) is 0 Å². The van der Waals surface area contributed by atoms with Crippen LogP contribution in [0.15, 0.2) is 30.2 Å². The Labute approximate surface area is 112 Å². The maximum absolute atomic E-state index is 12.1. The van der Waals surface area contributed by atoms with Crippen LogP contribution in [0.3, 0.4) is 0 Å². The Morgan fingerprint density at radius 2 is 2.21 bits per heavy atom. The van der Waals surface area contributed by atoms with Gasteiger partial charge in [0.2, 0.25) is 0 Å². The van der Waals surface area contributed by atoms with Gasteiger partial charge in [0.1, 0.15) is 18.3 Å². The Morgan fingerprint density at radius 3 is 2.89 bits per heavy atom. The second-order valence-corrected chi connectivity index (χ2v) is 4.80. The maximum atomic E-state index is 12.1. The third-order valence-electron chi connectivity index (χ3n) is 2.57. The summed E-state index contributed by atoms with van der Waals surface area (Å²) in [7, 11) is 0. The number of aromatic amines is 1. The van der Waals surface area contributed by atoms with Gasteiger partial charge in [0.25, 0.3) is 5.91 Å². The quantitative estimate of drug-likeness (QED) is 0.759. The Hall–Kier alpha value is -2.48. The molecule has 1 amide bonds. The number of nitrogens with one attached hydrogen (secondary N) is 2. The number of H-pyrrole nitrogens is 1. The maximum Gasteiger partial charge on any atom is 0.265 e. The normalized spacial score (nSPS) is 10.6. The monoisotopic (exact) mass is 274 g/mol. The second-order valence-electron chi connectivity index (χ2n) is 3.85. The summed E-state index contributed by atoms with van der Waals surface area (Å²) in [5.74, 6) is 0.404. The number of amides is 1. The van der Waals surface area contributed by atoms with Crippen LogP contribution in [0.5, 0.6) is 0 Å². The van der Waals surface area contributed by atoms with Gasteiger partial charge in [-0.15, -0.1) is 21.5 Å². The summed E-state index contributed by atoms with van der Waals surface area (Å²) >= 11 is 1.39. The van der Waals surface area contributed by atoms with Crippen LogP contribution >= 0.6 is 11.3 Å². The number of aryl methyl sites for hydroxylation is 1. The Bertz CT molecular complexity index is 685. The van der Waals surface area contributed by atoms with E-state index in [1.165, 1.54) is 24.0 Å². The molecule has 0 fully saturated rings. The van der Waals surface area contributed by atoms with Crippen LogP contribution in [-0.4, -0.2) is 30.9 Å². The van der Waals surface area contributed by atoms with Gasteiger partial charge in [0, 0.05) is 0 Å². The van der Waals surface area contributed by atoms with Crippen LogP contribution in [0.2, 0.25) is 0 Å². The minimum atomic E-state index is -0.158. The summed E-state index contributed by atoms with van der Waals surface area (Å²) in [5.41, 5.74) is 1.40. The van der Waals surface area contributed by atoms with Gasteiger partial charge >= 0.3 is 0 Å². The second kappa shape index (κ2) is 4.65. The standard InChI is InChI=1S/C11H10N6OS/c1-7-9(14-11(18)8-3-2-4-19-8)10(16-15-7)17-5-12-13-6-17/h2-6H,1H3,(H,14,18)(H,15,16). The van der Waals surface area contributed by atoms with Crippen molar-refractivity contribution in [2.24, 2.45) is 0 Å². The van der Waals surface area contributed by atoms with Crippen molar-refractivity contribution < 1.29 is 4.79 Å². The van der Waals surface area contributed by atoms with E-state index in [9.17, 15) is 4.79 Å². The summed E-state index contributed by atoms with van der Waals surface area (Å²) < 4.78 is 1.63. The van der Waals surface area contributed by atoms with Crippen LogP contribution in [-0.2, 0) is 0 Å². The van der Waals surface area contributed by atoms with Crippen LogP contribution in [0.25, 0.3) is 5.82 Å². The summed E-state index contributed by atoms with van der Waals surface area (Å²) in [4.78, 5) is 12.7. The number of hydrogen-bond donors (Lipinski definition) is 2. The molecule has 3 aromatic rings. The van der Waals surface area contributed by atoms with E-state index >= 15 is 0 Å². The predicted octanol–water partition coefficient (Wildman–Crippen LogP) is 1.61. The van der Waals surface area contributed by atoms with Gasteiger partial charge < -0.3 is 5.32 Å². The number of thiophene rings is 1. The fourth-order valence-electron chi connectivity index (χ4n) is 1.65. The molecule has 0 bridgehead atoms. The molecule has 3 aromatic heterocycles. The van der Waals surface area contributed by atoms with Gasteiger partial charge in [-0.3, -0.25) is 14.5 Å². The number of rotatable bonds is 3. The molecule has 0 atom stereocenters. The molecular formula is C11H10N6OS. The highest BCUT2D eigenvalue weighted by molar-refractivity contribution is 7.12. The molecule has 96 valence electrons. The van der Waals surface area contributed by atoms with E-state index in [0.717, 1.165) is 5.69 Å². The molecule has 0 aliphatic rings. The lowest BCUT2D eigenvalue weighted by atomic mass is 10.3. The molecule has 0 unspecified atom stereocenters. The van der Waals surface area contributed by atoms with Crippen LogP contribution in [0.4, 0.5) is 5.69 Å². The lowest BCUT2D eigenvalue weighted by Gasteiger charge is -2.05. The van der Waals surface area contributed by atoms with Crippen molar-refractivity contribution >= 4 is 22.9 Å². The smallest absolute Gasteiger partial charge is 0.265 e. The van der Waals surface area contributed by atoms with Gasteiger partial charge in [-0.1, -0.05) is 6.07 Å². The van der Waals surface area contributed by atoms with Crippen molar-refractivity contribution in [3.8, 4) is 5.82 Å². The number of hydrogen-bond acceptors (Lipinski definition) is 5. The fraction of sp³-hybridized carbons (Fsp3) is 0.0909. The summed E-state index contributed by atoms with van der Waals surface area (Å²) in [6.45, 7) is 1.84. The third-order valence-corrected chi connectivity index (χ3v) is 3.44. The molecule has 0 aromatic carbocycles. The number of nitrogens with zero attached hydrogens (tertiary/aromatic N) is 4. The van der Waals surface area contributed by atoms with Gasteiger partial charge in [0.05, 0.1) is 10.6 Å². The van der Waals surface area contributed by atoms with E-state index in [0.29, 0.717) is 16.4 Å². The zero-order chi connectivity index (χ0) is 13.2. The number of anilines is 1. The van der Waals surface area contributed by atoms with Crippen molar-refractivity contribution in [3.05, 3.63) is 40.7 Å². The van der Waals surface area contributed by atoms with E-state index in [1.807, 2.05) is 18.4 Å². The van der Waals surface area contributed by atoms with Crippen LogP contribution in [0, 0.1) is 6.92 Å². The van der Waals surface area contributed by atoms with Gasteiger partial charge in [0.15, 0.2) is 5.82 Å². The van der Waals surface area contributed by atoms with Crippen LogP contribution < -0.4 is 5.32 Å². The van der Waals surface area contributed by atoms with E-state index in [-0.39, 0.29) is 5.91 Å². The molecular weight excluding hydrogens is 264 g/mol. The molecule has 0 radical (unpaired) electrons. The lowest BCUT2D eigenvalue weighted by molar-refractivity contribution is 0.103. The van der Waals surface area contributed by atoms with Gasteiger partial charge in [-0.25, -0.2) is 0 Å². The van der Waals surface area contributed by atoms with E-state index < -0.39 is 0 Å². The molecule has 7 nitrogen and oxygen atoms in total. The van der Waals surface area contributed by atoms with Gasteiger partial charge in [-0.2, -0.15) is 5.10 Å². The SMILES string of the molecule is Cc1[nH]nc(-n2cnnc2)c1NC(=O)c1cccs1. The summed E-state index contributed by atoms with van der Waals surface area (Å²) in [5, 5.41) is 19.1. The van der Waals surface area contributed by atoms with Crippen LogP contribution in [0.1, 0.15) is 15.4 Å². The van der Waals surface area contributed by atoms with Crippen molar-refractivity contribution in [2.45, 2.75) is 6.92 Å². The summed E-state index contributed by atoms with van der Waals surface area (Å²) in [6.07, 6.45) is 3.05.